The van der Waals surface area contributed by atoms with E-state index in [4.69, 9.17) is 10.5 Å². The average molecular weight is 344 g/mol. The number of pyridine rings is 1. The van der Waals surface area contributed by atoms with Crippen molar-refractivity contribution in [2.45, 2.75) is 69.9 Å². The normalized spacial score (nSPS) is 19.3. The minimum absolute atomic E-state index is 0.320. The van der Waals surface area contributed by atoms with E-state index in [1.54, 1.807) is 6.07 Å². The van der Waals surface area contributed by atoms with Crippen LogP contribution in [-0.2, 0) is 11.3 Å². The topological polar surface area (TPSA) is 89.6 Å². The molecule has 136 valence electrons. The van der Waals surface area contributed by atoms with E-state index in [0.717, 1.165) is 37.1 Å². The van der Waals surface area contributed by atoms with Gasteiger partial charge in [0.15, 0.2) is 5.96 Å². The van der Waals surface area contributed by atoms with E-state index in [2.05, 4.69) is 15.3 Å². The lowest BCUT2D eigenvalue weighted by molar-refractivity contribution is 0.0598. The van der Waals surface area contributed by atoms with Crippen LogP contribution in [0.2, 0.25) is 0 Å². The number of nitrogens with zero attached hydrogens (tertiary/aromatic N) is 2. The van der Waals surface area contributed by atoms with Gasteiger partial charge in [0, 0.05) is 12.0 Å². The van der Waals surface area contributed by atoms with Crippen molar-refractivity contribution in [3.8, 4) is 0 Å². The molecule has 0 radical (unpaired) electrons. The Morgan fingerprint density at radius 2 is 1.96 bits per heavy atom. The molecule has 0 aromatic carbocycles. The molecule has 0 bridgehead atoms. The summed E-state index contributed by atoms with van der Waals surface area (Å²) in [5.41, 5.74) is 8.30. The lowest BCUT2D eigenvalue weighted by Crippen LogP contribution is -2.39. The van der Waals surface area contributed by atoms with Gasteiger partial charge < -0.3 is 15.8 Å². The van der Waals surface area contributed by atoms with E-state index in [1.165, 1.54) is 32.8 Å². The molecular formula is C19H28N4O2. The zero-order chi connectivity index (χ0) is 17.6. The lowest BCUT2D eigenvalue weighted by atomic mass is 10.1. The van der Waals surface area contributed by atoms with Crippen LogP contribution in [0.5, 0.6) is 0 Å². The standard InChI is InChI=1S/C19H28N4O2/c1-25-18(24)16-11-10-15(22-17(16)13-8-9-13)12-21-19(20)23-14-6-4-2-3-5-7-14/h10-11,13-14H,2-9,12H2,1H3,(H3,20,21,23). The van der Waals surface area contributed by atoms with Crippen molar-refractivity contribution in [1.82, 2.24) is 10.3 Å². The van der Waals surface area contributed by atoms with Crippen molar-refractivity contribution in [3.63, 3.8) is 0 Å². The molecule has 0 aliphatic heterocycles. The number of rotatable bonds is 5. The highest BCUT2D eigenvalue weighted by molar-refractivity contribution is 5.90. The molecule has 0 spiro atoms. The first-order valence-corrected chi connectivity index (χ1v) is 9.32. The van der Waals surface area contributed by atoms with E-state index >= 15 is 0 Å². The van der Waals surface area contributed by atoms with Crippen LogP contribution < -0.4 is 11.1 Å². The summed E-state index contributed by atoms with van der Waals surface area (Å²) in [6, 6.07) is 4.07. The SMILES string of the molecule is COC(=O)c1ccc(CN=C(N)NC2CCCCCC2)nc1C1CC1. The molecule has 0 atom stereocenters. The molecule has 6 heteroatoms. The Hall–Kier alpha value is -2.11. The third-order valence-electron chi connectivity index (χ3n) is 4.97. The zero-order valence-electron chi connectivity index (χ0n) is 15.0. The number of carbonyl (C=O) groups is 1. The predicted octanol–water partition coefficient (Wildman–Crippen LogP) is 2.87. The van der Waals surface area contributed by atoms with Crippen LogP contribution in [0.15, 0.2) is 17.1 Å². The predicted molar refractivity (Wildman–Crippen MR) is 97.5 cm³/mol. The third-order valence-corrected chi connectivity index (χ3v) is 4.97. The second-order valence-corrected chi connectivity index (χ2v) is 7.04. The molecule has 25 heavy (non-hydrogen) atoms. The number of esters is 1. The Morgan fingerprint density at radius 1 is 1.24 bits per heavy atom. The molecule has 1 aromatic heterocycles. The smallest absolute Gasteiger partial charge is 0.339 e. The second-order valence-electron chi connectivity index (χ2n) is 7.04. The number of carbonyl (C=O) groups excluding carboxylic acids is 1. The Bertz CT molecular complexity index is 632. The van der Waals surface area contributed by atoms with Crippen LogP contribution in [0, 0.1) is 0 Å². The van der Waals surface area contributed by atoms with E-state index in [9.17, 15) is 4.79 Å². The Balaban J connectivity index is 1.63. The van der Waals surface area contributed by atoms with Gasteiger partial charge >= 0.3 is 5.97 Å². The highest BCUT2D eigenvalue weighted by Gasteiger charge is 2.30. The van der Waals surface area contributed by atoms with Crippen LogP contribution in [-0.4, -0.2) is 30.1 Å². The fraction of sp³-hybridized carbons (Fsp3) is 0.632. The maximum atomic E-state index is 11.9. The fourth-order valence-electron chi connectivity index (χ4n) is 3.40. The molecule has 3 N–H and O–H groups in total. The number of guanidine groups is 1. The number of ether oxygens (including phenoxy) is 1. The van der Waals surface area contributed by atoms with Gasteiger partial charge in [-0.2, -0.15) is 0 Å². The van der Waals surface area contributed by atoms with Gasteiger partial charge in [0.2, 0.25) is 0 Å². The molecule has 3 rings (SSSR count). The van der Waals surface area contributed by atoms with Crippen LogP contribution in [0.1, 0.15) is 79.0 Å². The molecule has 0 unspecified atom stereocenters. The lowest BCUT2D eigenvalue weighted by Gasteiger charge is -2.16. The van der Waals surface area contributed by atoms with Gasteiger partial charge in [-0.3, -0.25) is 4.98 Å². The van der Waals surface area contributed by atoms with Gasteiger partial charge in [0.25, 0.3) is 0 Å². The first-order chi connectivity index (χ1) is 12.2. The maximum Gasteiger partial charge on any atom is 0.339 e. The average Bonchev–Trinajstić information content (AvgIpc) is 3.47. The van der Waals surface area contributed by atoms with E-state index < -0.39 is 0 Å². The summed E-state index contributed by atoms with van der Waals surface area (Å²) < 4.78 is 4.85. The highest BCUT2D eigenvalue weighted by Crippen LogP contribution is 2.40. The minimum Gasteiger partial charge on any atom is -0.465 e. The Morgan fingerprint density at radius 3 is 2.60 bits per heavy atom. The van der Waals surface area contributed by atoms with Crippen molar-refractivity contribution < 1.29 is 9.53 Å². The quantitative estimate of drug-likeness (QED) is 0.371. The second kappa shape index (κ2) is 8.32. The number of nitrogens with one attached hydrogen (secondary N) is 1. The number of nitrogens with two attached hydrogens (primary N) is 1. The molecule has 6 nitrogen and oxygen atoms in total. The van der Waals surface area contributed by atoms with Crippen molar-refractivity contribution in [3.05, 3.63) is 29.1 Å². The summed E-state index contributed by atoms with van der Waals surface area (Å²) in [6.07, 6.45) is 9.62. The number of methoxy groups -OCH3 is 1. The Labute approximate surface area is 149 Å². The van der Waals surface area contributed by atoms with E-state index in [1.807, 2.05) is 6.07 Å². The first kappa shape index (κ1) is 17.7. The van der Waals surface area contributed by atoms with Crippen LogP contribution >= 0.6 is 0 Å². The zero-order valence-corrected chi connectivity index (χ0v) is 15.0. The van der Waals surface area contributed by atoms with Crippen molar-refractivity contribution in [1.29, 1.82) is 0 Å². The summed E-state index contributed by atoms with van der Waals surface area (Å²) >= 11 is 0. The molecule has 2 fully saturated rings. The first-order valence-electron chi connectivity index (χ1n) is 9.32. The van der Waals surface area contributed by atoms with Gasteiger partial charge in [0.05, 0.1) is 30.6 Å². The Kier molecular flexibility index (Phi) is 5.89. The number of hydrogen-bond acceptors (Lipinski definition) is 4. The largest absolute Gasteiger partial charge is 0.465 e. The van der Waals surface area contributed by atoms with Gasteiger partial charge in [-0.05, 0) is 37.8 Å². The molecule has 1 aromatic rings. The van der Waals surface area contributed by atoms with Crippen LogP contribution in [0.25, 0.3) is 0 Å². The summed E-state index contributed by atoms with van der Waals surface area (Å²) in [5, 5.41) is 3.34. The van der Waals surface area contributed by atoms with E-state index in [0.29, 0.717) is 30.0 Å². The summed E-state index contributed by atoms with van der Waals surface area (Å²) in [4.78, 5) is 21.0. The molecule has 2 aliphatic rings. The minimum atomic E-state index is -0.320. The summed E-state index contributed by atoms with van der Waals surface area (Å²) in [5.74, 6) is 0.539. The van der Waals surface area contributed by atoms with Crippen molar-refractivity contribution >= 4 is 11.9 Å². The molecule has 0 amide bonds. The summed E-state index contributed by atoms with van der Waals surface area (Å²) in [7, 11) is 1.40. The van der Waals surface area contributed by atoms with Gasteiger partial charge in [-0.1, -0.05) is 25.7 Å². The van der Waals surface area contributed by atoms with Crippen LogP contribution in [0.4, 0.5) is 0 Å². The molecule has 2 aliphatic carbocycles. The van der Waals surface area contributed by atoms with Crippen molar-refractivity contribution in [2.24, 2.45) is 10.7 Å². The summed E-state index contributed by atoms with van der Waals surface area (Å²) in [6.45, 7) is 0.423. The highest BCUT2D eigenvalue weighted by atomic mass is 16.5. The molecule has 1 heterocycles. The molecule has 2 saturated carbocycles. The fourth-order valence-corrected chi connectivity index (χ4v) is 3.40. The van der Waals surface area contributed by atoms with Crippen LogP contribution in [0.3, 0.4) is 0 Å². The maximum absolute atomic E-state index is 11.9. The monoisotopic (exact) mass is 344 g/mol. The molecular weight excluding hydrogens is 316 g/mol. The molecule has 0 saturated heterocycles. The number of aliphatic imine (C=N–C) groups is 1. The van der Waals surface area contributed by atoms with Gasteiger partial charge in [-0.15, -0.1) is 0 Å². The number of hydrogen-bond donors (Lipinski definition) is 2. The van der Waals surface area contributed by atoms with Gasteiger partial charge in [-0.25, -0.2) is 9.79 Å². The van der Waals surface area contributed by atoms with Gasteiger partial charge in [0.1, 0.15) is 0 Å². The number of aromatic nitrogens is 1. The third kappa shape index (κ3) is 4.94. The van der Waals surface area contributed by atoms with E-state index in [-0.39, 0.29) is 5.97 Å². The van der Waals surface area contributed by atoms with Crippen molar-refractivity contribution in [2.75, 3.05) is 7.11 Å².